The van der Waals surface area contributed by atoms with Crippen molar-refractivity contribution in [1.82, 2.24) is 9.55 Å². The first-order valence-electron chi connectivity index (χ1n) is 6.17. The van der Waals surface area contributed by atoms with Crippen LogP contribution < -0.4 is 11.2 Å². The average Bonchev–Trinajstić information content (AvgIpc) is 2.67. The molecule has 21 heavy (non-hydrogen) atoms. The second kappa shape index (κ2) is 5.19. The van der Waals surface area contributed by atoms with E-state index in [1.807, 2.05) is 4.98 Å². The molecule has 2 heterocycles. The van der Waals surface area contributed by atoms with E-state index >= 15 is 0 Å². The number of hydrogen-bond acceptors (Lipinski definition) is 7. The first-order chi connectivity index (χ1) is 9.86. The van der Waals surface area contributed by atoms with E-state index in [4.69, 9.17) is 9.47 Å². The van der Waals surface area contributed by atoms with E-state index in [-0.39, 0.29) is 0 Å². The first kappa shape index (κ1) is 15.6. The first-order valence-corrected chi connectivity index (χ1v) is 6.17. The highest BCUT2D eigenvalue weighted by molar-refractivity contribution is 5.67. The minimum atomic E-state index is -1.91. The quantitative estimate of drug-likeness (QED) is 0.526. The van der Waals surface area contributed by atoms with Crippen LogP contribution in [0.25, 0.3) is 0 Å². The number of hydrogen-bond donors (Lipinski definition) is 3. The number of aliphatic hydroxyl groups is 2. The van der Waals surface area contributed by atoms with Gasteiger partial charge in [-0.3, -0.25) is 19.1 Å². The largest absolute Gasteiger partial charge is 0.394 e. The SMILES string of the molecule is CO[C@]1(C=O)[C@H](O)[C@@H](CO)O[C@@]1(C)n1ccc(=O)[nH]c1=O. The summed E-state index contributed by atoms with van der Waals surface area (Å²) in [5.41, 5.74) is -5.11. The van der Waals surface area contributed by atoms with Crippen LogP contribution in [0.1, 0.15) is 6.92 Å². The van der Waals surface area contributed by atoms with E-state index in [1.54, 1.807) is 0 Å². The average molecular weight is 300 g/mol. The zero-order valence-corrected chi connectivity index (χ0v) is 11.5. The van der Waals surface area contributed by atoms with Crippen LogP contribution >= 0.6 is 0 Å². The zero-order valence-electron chi connectivity index (χ0n) is 11.5. The predicted molar refractivity (Wildman–Crippen MR) is 68.7 cm³/mol. The molecule has 1 aliphatic heterocycles. The Morgan fingerprint density at radius 1 is 1.57 bits per heavy atom. The molecular formula is C12H16N2O7. The topological polar surface area (TPSA) is 131 Å². The molecule has 0 unspecified atom stereocenters. The van der Waals surface area contributed by atoms with Gasteiger partial charge in [0.2, 0.25) is 0 Å². The normalized spacial score (nSPS) is 35.8. The molecule has 0 aliphatic carbocycles. The lowest BCUT2D eigenvalue weighted by molar-refractivity contribution is -0.193. The van der Waals surface area contributed by atoms with Crippen LogP contribution in [-0.2, 0) is 20.0 Å². The van der Waals surface area contributed by atoms with Gasteiger partial charge in [0.25, 0.3) is 5.56 Å². The standard InChI is InChI=1S/C12H16N2O7/c1-11(14-4-3-8(17)13-10(14)19)12(6-16,20-2)9(18)7(5-15)21-11/h3-4,6-7,9,15,18H,5H2,1-2H3,(H,13,17,19)/t7-,9-,11-,12-/m1/s1. The minimum Gasteiger partial charge on any atom is -0.394 e. The van der Waals surface area contributed by atoms with Crippen molar-refractivity contribution in [3.8, 4) is 0 Å². The molecule has 116 valence electrons. The van der Waals surface area contributed by atoms with Gasteiger partial charge in [0.15, 0.2) is 17.6 Å². The molecule has 0 radical (unpaired) electrons. The molecule has 0 saturated carbocycles. The van der Waals surface area contributed by atoms with Gasteiger partial charge >= 0.3 is 5.69 Å². The van der Waals surface area contributed by atoms with Gasteiger partial charge in [-0.05, 0) is 6.92 Å². The monoisotopic (exact) mass is 300 g/mol. The Hall–Kier alpha value is -1.81. The Morgan fingerprint density at radius 2 is 2.24 bits per heavy atom. The summed E-state index contributed by atoms with van der Waals surface area (Å²) in [6.45, 7) is 0.775. The Balaban J connectivity index is 2.70. The number of carbonyl (C=O) groups excluding carboxylic acids is 1. The van der Waals surface area contributed by atoms with Crippen LogP contribution in [0.15, 0.2) is 21.9 Å². The number of methoxy groups -OCH3 is 1. The van der Waals surface area contributed by atoms with Crippen molar-refractivity contribution < 1.29 is 24.5 Å². The summed E-state index contributed by atoms with van der Waals surface area (Å²) in [5, 5.41) is 19.5. The molecule has 9 heteroatoms. The summed E-state index contributed by atoms with van der Waals surface area (Å²) in [7, 11) is 1.18. The molecule has 3 N–H and O–H groups in total. The number of nitrogens with one attached hydrogen (secondary N) is 1. The van der Waals surface area contributed by atoms with Gasteiger partial charge in [-0.15, -0.1) is 0 Å². The number of nitrogens with zero attached hydrogens (tertiary/aromatic N) is 1. The maximum atomic E-state index is 12.0. The summed E-state index contributed by atoms with van der Waals surface area (Å²) < 4.78 is 11.6. The number of aromatic amines is 1. The fourth-order valence-corrected chi connectivity index (χ4v) is 2.67. The second-order valence-corrected chi connectivity index (χ2v) is 4.86. The van der Waals surface area contributed by atoms with Crippen LogP contribution in [0.5, 0.6) is 0 Å². The number of rotatable bonds is 4. The molecule has 1 saturated heterocycles. The van der Waals surface area contributed by atoms with Crippen molar-refractivity contribution in [2.45, 2.75) is 30.5 Å². The lowest BCUT2D eigenvalue weighted by Crippen LogP contribution is -2.61. The number of aldehydes is 1. The number of aromatic nitrogens is 2. The van der Waals surface area contributed by atoms with Crippen LogP contribution in [0.3, 0.4) is 0 Å². The van der Waals surface area contributed by atoms with Gasteiger partial charge in [-0.2, -0.15) is 0 Å². The van der Waals surface area contributed by atoms with E-state index in [2.05, 4.69) is 0 Å². The highest BCUT2D eigenvalue weighted by Crippen LogP contribution is 2.43. The third-order valence-electron chi connectivity index (χ3n) is 3.87. The predicted octanol–water partition coefficient (Wildman–Crippen LogP) is -2.45. The van der Waals surface area contributed by atoms with Gasteiger partial charge in [-0.1, -0.05) is 0 Å². The van der Waals surface area contributed by atoms with Gasteiger partial charge in [-0.25, -0.2) is 4.79 Å². The fourth-order valence-electron chi connectivity index (χ4n) is 2.67. The van der Waals surface area contributed by atoms with Gasteiger partial charge < -0.3 is 19.7 Å². The Kier molecular flexibility index (Phi) is 3.85. The van der Waals surface area contributed by atoms with E-state index < -0.39 is 41.4 Å². The smallest absolute Gasteiger partial charge is 0.330 e. The maximum absolute atomic E-state index is 12.0. The van der Waals surface area contributed by atoms with E-state index in [9.17, 15) is 24.6 Å². The molecule has 0 bridgehead atoms. The number of carbonyl (C=O) groups is 1. The molecule has 1 fully saturated rings. The second-order valence-electron chi connectivity index (χ2n) is 4.86. The summed E-state index contributed by atoms with van der Waals surface area (Å²) in [5.74, 6) is 0. The third-order valence-corrected chi connectivity index (χ3v) is 3.87. The third kappa shape index (κ3) is 1.97. The zero-order chi connectivity index (χ0) is 15.8. The van der Waals surface area contributed by atoms with Crippen molar-refractivity contribution in [2.24, 2.45) is 0 Å². The Labute approximate surface area is 118 Å². The van der Waals surface area contributed by atoms with Crippen LogP contribution in [0.2, 0.25) is 0 Å². The van der Waals surface area contributed by atoms with Crippen molar-refractivity contribution in [3.63, 3.8) is 0 Å². The minimum absolute atomic E-state index is 0.324. The molecule has 0 aromatic carbocycles. The summed E-state index contributed by atoms with van der Waals surface area (Å²) in [6.07, 6.45) is -1.16. The summed E-state index contributed by atoms with van der Waals surface area (Å²) in [4.78, 5) is 36.7. The lowest BCUT2D eigenvalue weighted by atomic mass is 9.87. The van der Waals surface area contributed by atoms with Crippen molar-refractivity contribution >= 4 is 6.29 Å². The van der Waals surface area contributed by atoms with Gasteiger partial charge in [0.05, 0.1) is 6.61 Å². The molecule has 1 aromatic heterocycles. The molecule has 0 spiro atoms. The molecule has 0 amide bonds. The summed E-state index contributed by atoms with van der Waals surface area (Å²) >= 11 is 0. The summed E-state index contributed by atoms with van der Waals surface area (Å²) in [6, 6.07) is 1.07. The highest BCUT2D eigenvalue weighted by Gasteiger charge is 2.65. The van der Waals surface area contributed by atoms with Crippen molar-refractivity contribution in [2.75, 3.05) is 13.7 Å². The fraction of sp³-hybridized carbons (Fsp3) is 0.583. The van der Waals surface area contributed by atoms with Crippen LogP contribution in [-0.4, -0.2) is 57.6 Å². The molecule has 4 atom stereocenters. The molecule has 2 rings (SSSR count). The number of aliphatic hydroxyl groups excluding tert-OH is 2. The lowest BCUT2D eigenvalue weighted by Gasteiger charge is -2.38. The number of H-pyrrole nitrogens is 1. The Bertz CT molecular complexity index is 653. The molecule has 1 aromatic rings. The van der Waals surface area contributed by atoms with Crippen LogP contribution in [0.4, 0.5) is 0 Å². The maximum Gasteiger partial charge on any atom is 0.330 e. The van der Waals surface area contributed by atoms with Gasteiger partial charge in [0.1, 0.15) is 12.2 Å². The van der Waals surface area contributed by atoms with Crippen LogP contribution in [0, 0.1) is 0 Å². The van der Waals surface area contributed by atoms with Gasteiger partial charge in [0, 0.05) is 19.4 Å². The molecular weight excluding hydrogens is 284 g/mol. The molecule has 9 nitrogen and oxygen atoms in total. The van der Waals surface area contributed by atoms with E-state index in [0.717, 1.165) is 16.8 Å². The van der Waals surface area contributed by atoms with E-state index in [1.165, 1.54) is 14.0 Å². The number of ether oxygens (including phenoxy) is 2. The Morgan fingerprint density at radius 3 is 2.71 bits per heavy atom. The van der Waals surface area contributed by atoms with Crippen molar-refractivity contribution in [3.05, 3.63) is 33.1 Å². The molecule has 1 aliphatic rings. The highest BCUT2D eigenvalue weighted by atomic mass is 16.6. The van der Waals surface area contributed by atoms with Crippen molar-refractivity contribution in [1.29, 1.82) is 0 Å². The van der Waals surface area contributed by atoms with E-state index in [0.29, 0.717) is 6.29 Å².